The Kier molecular flexibility index (Phi) is 6.00. The van der Waals surface area contributed by atoms with Crippen LogP contribution in [0.4, 0.5) is 13.2 Å². The summed E-state index contributed by atoms with van der Waals surface area (Å²) in [5, 5.41) is 14.0. The fourth-order valence-electron chi connectivity index (χ4n) is 2.25. The Bertz CT molecular complexity index is 385. The summed E-state index contributed by atoms with van der Waals surface area (Å²) in [6.07, 6.45) is -5.47. The molecule has 0 unspecified atom stereocenters. The van der Waals surface area contributed by atoms with Crippen molar-refractivity contribution in [3.63, 3.8) is 0 Å². The van der Waals surface area contributed by atoms with Crippen LogP contribution in [0, 0.1) is 5.92 Å². The highest BCUT2D eigenvalue weighted by molar-refractivity contribution is 5.88. The van der Waals surface area contributed by atoms with E-state index in [1.165, 1.54) is 13.8 Å². The van der Waals surface area contributed by atoms with Gasteiger partial charge in [-0.05, 0) is 18.8 Å². The summed E-state index contributed by atoms with van der Waals surface area (Å²) < 4.78 is 37.8. The second-order valence-corrected chi connectivity index (χ2v) is 5.63. The number of alkyl halides is 3. The number of aliphatic hydroxyl groups excluding tert-OH is 1. The number of amides is 2. The first kappa shape index (κ1) is 17.7. The van der Waals surface area contributed by atoms with Crippen LogP contribution in [-0.2, 0) is 9.59 Å². The molecule has 0 radical (unpaired) electrons. The highest BCUT2D eigenvalue weighted by Crippen LogP contribution is 2.25. The van der Waals surface area contributed by atoms with Crippen molar-refractivity contribution in [2.45, 2.75) is 63.9 Å². The van der Waals surface area contributed by atoms with Crippen LogP contribution in [0.3, 0.4) is 0 Å². The molecule has 0 aliphatic carbocycles. The summed E-state index contributed by atoms with van der Waals surface area (Å²) in [7, 11) is 0. The van der Waals surface area contributed by atoms with Crippen LogP contribution >= 0.6 is 0 Å². The fraction of sp³-hybridized carbons (Fsp3) is 0.846. The van der Waals surface area contributed by atoms with E-state index in [9.17, 15) is 27.9 Å². The van der Waals surface area contributed by atoms with Crippen molar-refractivity contribution in [2.24, 2.45) is 5.92 Å². The summed E-state index contributed by atoms with van der Waals surface area (Å²) in [5.41, 5.74) is 0. The minimum atomic E-state index is -4.81. The van der Waals surface area contributed by atoms with Gasteiger partial charge in [0.15, 0.2) is 6.10 Å². The number of aliphatic hydroxyl groups is 1. The molecular weight excluding hydrogens is 289 g/mol. The van der Waals surface area contributed by atoms with E-state index in [1.807, 2.05) is 0 Å². The topological polar surface area (TPSA) is 78.4 Å². The van der Waals surface area contributed by atoms with Gasteiger partial charge in [0, 0.05) is 6.42 Å². The van der Waals surface area contributed by atoms with Gasteiger partial charge in [-0.1, -0.05) is 20.3 Å². The third-order valence-corrected chi connectivity index (χ3v) is 3.50. The standard InChI is InChI=1S/C13H21F3N2O3/c1-7(2)10(11(20)13(14,15)16)18-12(21)8-5-3-4-6-9(19)17-8/h7-8,10-11,20H,3-6H2,1-2H3,(H,17,19)(H,18,21)/t8-,10+,11+/m1/s1. The van der Waals surface area contributed by atoms with Crippen molar-refractivity contribution in [1.82, 2.24) is 10.6 Å². The van der Waals surface area contributed by atoms with Crippen molar-refractivity contribution in [3.8, 4) is 0 Å². The molecule has 0 bridgehead atoms. The molecule has 0 spiro atoms. The van der Waals surface area contributed by atoms with Gasteiger partial charge in [-0.3, -0.25) is 9.59 Å². The smallest absolute Gasteiger partial charge is 0.382 e. The highest BCUT2D eigenvalue weighted by Gasteiger charge is 2.45. The predicted octanol–water partition coefficient (Wildman–Crippen LogP) is 1.11. The maximum absolute atomic E-state index is 12.6. The Balaban J connectivity index is 2.74. The average Bonchev–Trinajstić information content (AvgIpc) is 2.58. The van der Waals surface area contributed by atoms with Gasteiger partial charge in [0.2, 0.25) is 11.8 Å². The van der Waals surface area contributed by atoms with Gasteiger partial charge in [-0.2, -0.15) is 13.2 Å². The van der Waals surface area contributed by atoms with E-state index in [0.29, 0.717) is 25.7 Å². The highest BCUT2D eigenvalue weighted by atomic mass is 19.4. The Morgan fingerprint density at radius 2 is 2.00 bits per heavy atom. The molecule has 1 heterocycles. The van der Waals surface area contributed by atoms with Gasteiger partial charge in [-0.25, -0.2) is 0 Å². The molecule has 8 heteroatoms. The number of carbonyl (C=O) groups is 2. The molecule has 3 N–H and O–H groups in total. The normalized spacial score (nSPS) is 23.2. The largest absolute Gasteiger partial charge is 0.416 e. The number of hydrogen-bond acceptors (Lipinski definition) is 3. The molecule has 1 rings (SSSR count). The zero-order valence-corrected chi connectivity index (χ0v) is 12.0. The number of hydrogen-bond donors (Lipinski definition) is 3. The van der Waals surface area contributed by atoms with Crippen molar-refractivity contribution in [2.75, 3.05) is 0 Å². The first-order chi connectivity index (χ1) is 9.62. The first-order valence-electron chi connectivity index (χ1n) is 6.97. The second-order valence-electron chi connectivity index (χ2n) is 5.63. The SMILES string of the molecule is CC(C)[C@H](NC(=O)[C@H]1CCCCC(=O)N1)[C@H](O)C(F)(F)F. The van der Waals surface area contributed by atoms with E-state index in [2.05, 4.69) is 10.6 Å². The van der Waals surface area contributed by atoms with E-state index in [0.717, 1.165) is 0 Å². The third kappa shape index (κ3) is 5.18. The molecule has 1 fully saturated rings. The molecular formula is C13H21F3N2O3. The lowest BCUT2D eigenvalue weighted by atomic mass is 9.97. The summed E-state index contributed by atoms with van der Waals surface area (Å²) in [6, 6.07) is -2.29. The fourth-order valence-corrected chi connectivity index (χ4v) is 2.25. The van der Waals surface area contributed by atoms with E-state index in [1.54, 1.807) is 0 Å². The van der Waals surface area contributed by atoms with Crippen LogP contribution in [-0.4, -0.2) is 41.3 Å². The van der Waals surface area contributed by atoms with E-state index < -0.39 is 36.2 Å². The van der Waals surface area contributed by atoms with E-state index in [-0.39, 0.29) is 5.91 Å². The van der Waals surface area contributed by atoms with Crippen LogP contribution < -0.4 is 10.6 Å². The number of rotatable bonds is 4. The summed E-state index contributed by atoms with van der Waals surface area (Å²) in [5.74, 6) is -1.58. The van der Waals surface area contributed by atoms with Gasteiger partial charge >= 0.3 is 6.18 Å². The summed E-state index contributed by atoms with van der Waals surface area (Å²) in [4.78, 5) is 23.4. The molecule has 0 aromatic heterocycles. The Labute approximate surface area is 121 Å². The predicted molar refractivity (Wildman–Crippen MR) is 69.2 cm³/mol. The molecule has 3 atom stereocenters. The Morgan fingerprint density at radius 3 is 2.52 bits per heavy atom. The summed E-state index contributed by atoms with van der Waals surface area (Å²) >= 11 is 0. The Hall–Kier alpha value is -1.31. The van der Waals surface area contributed by atoms with Crippen molar-refractivity contribution in [3.05, 3.63) is 0 Å². The minimum Gasteiger partial charge on any atom is -0.382 e. The number of halogens is 3. The maximum atomic E-state index is 12.6. The Morgan fingerprint density at radius 1 is 1.38 bits per heavy atom. The lowest BCUT2D eigenvalue weighted by Gasteiger charge is -2.30. The molecule has 1 aliphatic heterocycles. The van der Waals surface area contributed by atoms with Crippen LogP contribution in [0.25, 0.3) is 0 Å². The molecule has 21 heavy (non-hydrogen) atoms. The number of nitrogens with one attached hydrogen (secondary N) is 2. The van der Waals surface area contributed by atoms with Crippen LogP contribution in [0.5, 0.6) is 0 Å². The molecule has 5 nitrogen and oxygen atoms in total. The van der Waals surface area contributed by atoms with Crippen molar-refractivity contribution in [1.29, 1.82) is 0 Å². The average molecular weight is 310 g/mol. The van der Waals surface area contributed by atoms with Gasteiger partial charge in [0.05, 0.1) is 6.04 Å². The van der Waals surface area contributed by atoms with E-state index >= 15 is 0 Å². The molecule has 122 valence electrons. The lowest BCUT2D eigenvalue weighted by molar-refractivity contribution is -0.215. The molecule has 0 saturated carbocycles. The van der Waals surface area contributed by atoms with Gasteiger partial charge in [0.25, 0.3) is 0 Å². The monoisotopic (exact) mass is 310 g/mol. The zero-order chi connectivity index (χ0) is 16.2. The molecule has 1 aliphatic rings. The quantitative estimate of drug-likeness (QED) is 0.728. The molecule has 0 aromatic rings. The van der Waals surface area contributed by atoms with E-state index in [4.69, 9.17) is 0 Å². The van der Waals surface area contributed by atoms with Crippen LogP contribution in [0.15, 0.2) is 0 Å². The van der Waals surface area contributed by atoms with Crippen molar-refractivity contribution >= 4 is 11.8 Å². The summed E-state index contributed by atoms with van der Waals surface area (Å²) in [6.45, 7) is 2.96. The lowest BCUT2D eigenvalue weighted by Crippen LogP contribution is -2.57. The first-order valence-corrected chi connectivity index (χ1v) is 6.97. The van der Waals surface area contributed by atoms with Gasteiger partial charge in [-0.15, -0.1) is 0 Å². The minimum absolute atomic E-state index is 0.287. The number of carbonyl (C=O) groups excluding carboxylic acids is 2. The second kappa shape index (κ2) is 7.11. The van der Waals surface area contributed by atoms with Crippen LogP contribution in [0.2, 0.25) is 0 Å². The van der Waals surface area contributed by atoms with Gasteiger partial charge in [0.1, 0.15) is 6.04 Å². The van der Waals surface area contributed by atoms with Crippen molar-refractivity contribution < 1.29 is 27.9 Å². The van der Waals surface area contributed by atoms with Crippen LogP contribution in [0.1, 0.15) is 39.5 Å². The maximum Gasteiger partial charge on any atom is 0.416 e. The zero-order valence-electron chi connectivity index (χ0n) is 12.0. The third-order valence-electron chi connectivity index (χ3n) is 3.50. The molecule has 1 saturated heterocycles. The molecule has 0 aromatic carbocycles. The van der Waals surface area contributed by atoms with Gasteiger partial charge < -0.3 is 15.7 Å². The molecule has 2 amide bonds.